The van der Waals surface area contributed by atoms with Crippen LogP contribution in [0.5, 0.6) is 46.0 Å². The van der Waals surface area contributed by atoms with Crippen LogP contribution in [0.2, 0.25) is 0 Å². The second-order valence-corrected chi connectivity index (χ2v) is 30.3. The number of fused-ring (bicyclic) bond motifs is 10. The van der Waals surface area contributed by atoms with Crippen molar-refractivity contribution in [2.45, 2.75) is 233 Å². The molecular weight excluding hydrogens is 1310 g/mol. The van der Waals surface area contributed by atoms with E-state index in [1.54, 1.807) is 8.80 Å². The van der Waals surface area contributed by atoms with E-state index < -0.39 is 0 Å². The second-order valence-electron chi connectivity index (χ2n) is 30.3. The third-order valence-corrected chi connectivity index (χ3v) is 22.5. The summed E-state index contributed by atoms with van der Waals surface area (Å²) in [5, 5.41) is 7.93. The summed E-state index contributed by atoms with van der Waals surface area (Å²) < 4.78 is 33.8. The van der Waals surface area contributed by atoms with Crippen LogP contribution in [0.3, 0.4) is 0 Å². The molecule has 0 bridgehead atoms. The molecule has 0 amide bonds. The molecule has 0 saturated carbocycles. The Morgan fingerprint density at radius 2 is 0.509 bits per heavy atom. The minimum absolute atomic E-state index is 0.226. The van der Waals surface area contributed by atoms with Gasteiger partial charge in [0, 0.05) is 53.9 Å². The van der Waals surface area contributed by atoms with Crippen LogP contribution in [-0.4, -0.2) is 18.8 Å². The highest BCUT2D eigenvalue weighted by Crippen LogP contribution is 2.58. The van der Waals surface area contributed by atoms with Crippen LogP contribution in [0.4, 0.5) is 0 Å². The summed E-state index contributed by atoms with van der Waals surface area (Å²) in [6, 6.07) is 58.0. The summed E-state index contributed by atoms with van der Waals surface area (Å²) in [5.41, 5.74) is 8.37. The van der Waals surface area contributed by atoms with Crippen molar-refractivity contribution >= 4 is 98.0 Å². The van der Waals surface area contributed by atoms with Crippen molar-refractivity contribution in [1.82, 2.24) is 18.8 Å². The highest BCUT2D eigenvalue weighted by molar-refractivity contribution is 6.45. The van der Waals surface area contributed by atoms with Gasteiger partial charge in [-0.15, -0.1) is 0 Å². The van der Waals surface area contributed by atoms with Crippen LogP contribution in [0.1, 0.15) is 230 Å². The van der Waals surface area contributed by atoms with E-state index in [1.807, 2.05) is 60.7 Å². The van der Waals surface area contributed by atoms with Crippen molar-refractivity contribution in [2.24, 2.45) is 0 Å². The maximum atomic E-state index is 16.2. The molecular formula is C96H104N4O6. The van der Waals surface area contributed by atoms with Crippen LogP contribution >= 0.6 is 0 Å². The first kappa shape index (κ1) is 71.8. The van der Waals surface area contributed by atoms with E-state index >= 15 is 9.59 Å². The van der Waals surface area contributed by atoms with Crippen LogP contribution in [0, 0.1) is 0 Å². The van der Waals surface area contributed by atoms with Gasteiger partial charge >= 0.3 is 0 Å². The molecule has 0 unspecified atom stereocenters. The van der Waals surface area contributed by atoms with E-state index in [-0.39, 0.29) is 11.1 Å². The number of hydrogen-bond donors (Lipinski definition) is 0. The largest absolute Gasteiger partial charge is 0.457 e. The molecule has 15 aromatic rings. The van der Waals surface area contributed by atoms with Gasteiger partial charge in [0.2, 0.25) is 0 Å². The number of aromatic nitrogens is 4. The topological polar surface area (TPSA) is 106 Å². The molecule has 0 radical (unpaired) electrons. The third-order valence-electron chi connectivity index (χ3n) is 22.5. The predicted octanol–water partition coefficient (Wildman–Crippen LogP) is 27.6. The number of benzene rings is 11. The highest BCUT2D eigenvalue weighted by atomic mass is 16.5. The summed E-state index contributed by atoms with van der Waals surface area (Å²) >= 11 is 0. The van der Waals surface area contributed by atoms with Crippen molar-refractivity contribution in [3.63, 3.8) is 0 Å². The Bertz CT molecular complexity index is 5220. The van der Waals surface area contributed by atoms with Crippen molar-refractivity contribution < 1.29 is 18.9 Å². The zero-order chi connectivity index (χ0) is 72.3. The van der Waals surface area contributed by atoms with Crippen molar-refractivity contribution in [3.05, 3.63) is 213 Å². The zero-order valence-electron chi connectivity index (χ0n) is 63.0. The van der Waals surface area contributed by atoms with Gasteiger partial charge in [0.1, 0.15) is 57.3 Å². The number of unbranched alkanes of at least 4 members (excludes halogenated alkanes) is 24. The Labute approximate surface area is 624 Å². The highest BCUT2D eigenvalue weighted by Gasteiger charge is 2.33. The molecule has 0 saturated heterocycles. The SMILES string of the molecule is CCCCCCCCCc1ccc(Oc2cc3c(=O)n4c5ccccc5nc4c4cc(Oc5ccc(CCCCCCCCC)cc5)c5c6c(Oc7ccc(CCCCCCCCC)cc7)cc7c8c(cc(Oc9ccc(CCCCCCCCC)cc9)c(c2c5c34)c68)c(=O)n2c3ccccc3nc72)cc1. The predicted molar refractivity (Wildman–Crippen MR) is 443 cm³/mol. The molecule has 10 nitrogen and oxygen atoms in total. The van der Waals surface area contributed by atoms with Gasteiger partial charge in [-0.05, 0) is 171 Å². The maximum Gasteiger partial charge on any atom is 0.264 e. The fourth-order valence-electron chi connectivity index (χ4n) is 16.8. The van der Waals surface area contributed by atoms with Crippen molar-refractivity contribution in [2.75, 3.05) is 0 Å². The number of rotatable bonds is 40. The van der Waals surface area contributed by atoms with Crippen LogP contribution < -0.4 is 30.1 Å². The van der Waals surface area contributed by atoms with E-state index in [1.165, 1.54) is 176 Å². The molecule has 0 aliphatic carbocycles. The van der Waals surface area contributed by atoms with Crippen LogP contribution in [-0.2, 0) is 25.7 Å². The average Bonchev–Trinajstić information content (AvgIpc) is 0.978. The summed E-state index contributed by atoms with van der Waals surface area (Å²) in [6.07, 6.45) is 38.6. The number of nitrogens with zero attached hydrogens (tertiary/aromatic N) is 4. The lowest BCUT2D eigenvalue weighted by atomic mass is 9.84. The lowest BCUT2D eigenvalue weighted by Crippen LogP contribution is -2.15. The molecule has 106 heavy (non-hydrogen) atoms. The molecule has 0 aliphatic heterocycles. The first-order valence-electron chi connectivity index (χ1n) is 40.8. The van der Waals surface area contributed by atoms with E-state index in [9.17, 15) is 0 Å². The number of pyridine rings is 2. The summed E-state index contributed by atoms with van der Waals surface area (Å²) in [6.45, 7) is 9.08. The molecule has 4 heterocycles. The molecule has 0 spiro atoms. The smallest absolute Gasteiger partial charge is 0.264 e. The first-order valence-corrected chi connectivity index (χ1v) is 40.8. The van der Waals surface area contributed by atoms with Crippen LogP contribution in [0.15, 0.2) is 179 Å². The molecule has 4 aromatic heterocycles. The van der Waals surface area contributed by atoms with Gasteiger partial charge in [-0.1, -0.05) is 255 Å². The van der Waals surface area contributed by atoms with Gasteiger partial charge in [-0.2, -0.15) is 0 Å². The van der Waals surface area contributed by atoms with Gasteiger partial charge in [0.25, 0.3) is 11.1 Å². The summed E-state index contributed by atoms with van der Waals surface area (Å²) in [5.74, 6) is 4.44. The van der Waals surface area contributed by atoms with Gasteiger partial charge in [0.05, 0.1) is 32.8 Å². The Balaban J connectivity index is 0.994. The van der Waals surface area contributed by atoms with E-state index in [2.05, 4.69) is 137 Å². The lowest BCUT2D eigenvalue weighted by Gasteiger charge is -2.25. The van der Waals surface area contributed by atoms with Gasteiger partial charge in [-0.25, -0.2) is 9.97 Å². The molecule has 15 rings (SSSR count). The molecule has 544 valence electrons. The van der Waals surface area contributed by atoms with E-state index in [0.717, 1.165) is 62.1 Å². The van der Waals surface area contributed by atoms with E-state index in [4.69, 9.17) is 28.9 Å². The van der Waals surface area contributed by atoms with Crippen LogP contribution in [0.25, 0.3) is 98.0 Å². The van der Waals surface area contributed by atoms with E-state index in [0.29, 0.717) is 133 Å². The summed E-state index contributed by atoms with van der Waals surface area (Å²) in [7, 11) is 0. The monoisotopic (exact) mass is 1410 g/mol. The maximum absolute atomic E-state index is 16.2. The number of ether oxygens (including phenoxy) is 4. The molecule has 11 aromatic carbocycles. The quantitative estimate of drug-likeness (QED) is 0.0212. The molecule has 0 N–H and O–H groups in total. The number of imidazole rings is 2. The Morgan fingerprint density at radius 1 is 0.264 bits per heavy atom. The fourth-order valence-corrected chi connectivity index (χ4v) is 16.8. The molecule has 0 aliphatic rings. The van der Waals surface area contributed by atoms with Gasteiger partial charge in [-0.3, -0.25) is 18.4 Å². The molecule has 10 heteroatoms. The first-order chi connectivity index (χ1) is 52.3. The number of hydrogen-bond acceptors (Lipinski definition) is 8. The minimum atomic E-state index is -0.226. The number of aryl methyl sites for hydroxylation is 4. The molecule has 0 fully saturated rings. The Hall–Kier alpha value is -9.80. The fraction of sp³-hybridized carbons (Fsp3) is 0.375. The zero-order valence-corrected chi connectivity index (χ0v) is 63.0. The molecule has 0 atom stereocenters. The summed E-state index contributed by atoms with van der Waals surface area (Å²) in [4.78, 5) is 43.1. The normalized spacial score (nSPS) is 12.1. The number of para-hydroxylation sites is 4. The average molecular weight is 1410 g/mol. The van der Waals surface area contributed by atoms with Crippen molar-refractivity contribution in [1.29, 1.82) is 0 Å². The minimum Gasteiger partial charge on any atom is -0.457 e. The Morgan fingerprint density at radius 3 is 0.783 bits per heavy atom. The lowest BCUT2D eigenvalue weighted by molar-refractivity contribution is 0.483. The van der Waals surface area contributed by atoms with Gasteiger partial charge < -0.3 is 18.9 Å². The standard InChI is InChI=1S/C96H104N4O6/c1-5-9-13-17-21-25-29-37-65-45-53-69(54-46-65)103-81-61-73-85-75(95(101)99-79-43-35-33-41-77(79)97-93(73)99)63-83(105-71-57-49-67(50-58-71)39-31-27-23-19-15-11-7-3)89-90-84(106-72-59-51-68(52-60-72)40-32-28-24-20-16-12-8-4)64-76-86-74(94-98-78-42-34-36-44-80(78)100(94)96(76)102)62-82(88(92(86)90)87(81)91(85)89)104-70-55-47-66(48-56-70)38-30-26-22-18-14-10-6-2/h33-36,41-64H,5-32,37-40H2,1-4H3. The second kappa shape index (κ2) is 33.8. The van der Waals surface area contributed by atoms with Gasteiger partial charge in [0.15, 0.2) is 0 Å². The van der Waals surface area contributed by atoms with Crippen molar-refractivity contribution in [3.8, 4) is 46.0 Å². The third kappa shape index (κ3) is 15.2. The Kier molecular flexibility index (Phi) is 22.9.